The Labute approximate surface area is 115 Å². The number of hydrogen-bond donors (Lipinski definition) is 2. The molecule has 1 saturated carbocycles. The van der Waals surface area contributed by atoms with Crippen LogP contribution >= 0.6 is 0 Å². The molecule has 1 fully saturated rings. The highest BCUT2D eigenvalue weighted by molar-refractivity contribution is 5.94. The average molecular weight is 261 g/mol. The minimum atomic E-state index is 0.0392. The highest BCUT2D eigenvalue weighted by Gasteiger charge is 2.30. The Kier molecular flexibility index (Phi) is 4.59. The zero-order valence-corrected chi connectivity index (χ0v) is 11.6. The van der Waals surface area contributed by atoms with Gasteiger partial charge in [0.05, 0.1) is 6.61 Å². The molecule has 0 aliphatic heterocycles. The number of benzene rings is 1. The molecule has 104 valence electrons. The van der Waals surface area contributed by atoms with Gasteiger partial charge in [0.15, 0.2) is 5.78 Å². The lowest BCUT2D eigenvalue weighted by Gasteiger charge is -2.36. The summed E-state index contributed by atoms with van der Waals surface area (Å²) >= 11 is 0. The quantitative estimate of drug-likeness (QED) is 0.800. The van der Waals surface area contributed by atoms with E-state index in [0.717, 1.165) is 30.6 Å². The Morgan fingerprint density at radius 1 is 1.21 bits per heavy atom. The number of carbonyl (C=O) groups is 1. The SMILES string of the molecule is CC(=O)c1ccc(NCC2(CO)CCCCC2)cc1. The van der Waals surface area contributed by atoms with Gasteiger partial charge in [-0.1, -0.05) is 19.3 Å². The lowest BCUT2D eigenvalue weighted by atomic mass is 9.74. The van der Waals surface area contributed by atoms with Crippen molar-refractivity contribution in [3.8, 4) is 0 Å². The van der Waals surface area contributed by atoms with E-state index in [0.29, 0.717) is 0 Å². The molecule has 1 aromatic rings. The molecule has 0 saturated heterocycles. The third-order valence-corrected chi connectivity index (χ3v) is 4.21. The van der Waals surface area contributed by atoms with E-state index in [1.807, 2.05) is 24.3 Å². The molecule has 0 unspecified atom stereocenters. The van der Waals surface area contributed by atoms with Crippen LogP contribution in [-0.2, 0) is 0 Å². The predicted octanol–water partition coefficient (Wildman–Crippen LogP) is 3.24. The van der Waals surface area contributed by atoms with Crippen LogP contribution in [0.3, 0.4) is 0 Å². The van der Waals surface area contributed by atoms with Gasteiger partial charge in [0.1, 0.15) is 0 Å². The molecule has 19 heavy (non-hydrogen) atoms. The Morgan fingerprint density at radius 2 is 1.84 bits per heavy atom. The fourth-order valence-electron chi connectivity index (χ4n) is 2.80. The van der Waals surface area contributed by atoms with E-state index < -0.39 is 0 Å². The summed E-state index contributed by atoms with van der Waals surface area (Å²) in [4.78, 5) is 11.2. The number of ketones is 1. The number of Topliss-reactive ketones (excluding diaryl/α,β-unsaturated/α-hetero) is 1. The van der Waals surface area contributed by atoms with E-state index in [-0.39, 0.29) is 17.8 Å². The van der Waals surface area contributed by atoms with Gasteiger partial charge in [-0.15, -0.1) is 0 Å². The molecule has 0 heterocycles. The first-order chi connectivity index (χ1) is 9.15. The van der Waals surface area contributed by atoms with E-state index >= 15 is 0 Å². The van der Waals surface area contributed by atoms with Gasteiger partial charge in [0, 0.05) is 23.2 Å². The van der Waals surface area contributed by atoms with Gasteiger partial charge in [-0.25, -0.2) is 0 Å². The van der Waals surface area contributed by atoms with Crippen LogP contribution in [0.25, 0.3) is 0 Å². The second-order valence-corrected chi connectivity index (χ2v) is 5.71. The van der Waals surface area contributed by atoms with Crippen molar-refractivity contribution in [1.29, 1.82) is 0 Å². The standard InChI is InChI=1S/C16H23NO2/c1-13(19)14-5-7-15(8-6-14)17-11-16(12-18)9-3-2-4-10-16/h5-8,17-18H,2-4,9-12H2,1H3. The van der Waals surface area contributed by atoms with Crippen LogP contribution in [0.5, 0.6) is 0 Å². The first kappa shape index (κ1) is 14.1. The Bertz CT molecular complexity index is 419. The molecular formula is C16H23NO2. The maximum Gasteiger partial charge on any atom is 0.159 e. The Morgan fingerprint density at radius 3 is 2.37 bits per heavy atom. The summed E-state index contributed by atoms with van der Waals surface area (Å²) in [6, 6.07) is 7.56. The van der Waals surface area contributed by atoms with Crippen molar-refractivity contribution in [3.05, 3.63) is 29.8 Å². The third-order valence-electron chi connectivity index (χ3n) is 4.21. The smallest absolute Gasteiger partial charge is 0.159 e. The van der Waals surface area contributed by atoms with Crippen molar-refractivity contribution in [3.63, 3.8) is 0 Å². The topological polar surface area (TPSA) is 49.3 Å². The normalized spacial score (nSPS) is 18.0. The van der Waals surface area contributed by atoms with Crippen LogP contribution in [0.4, 0.5) is 5.69 Å². The summed E-state index contributed by atoms with van der Waals surface area (Å²) in [5, 5.41) is 13.1. The van der Waals surface area contributed by atoms with Crippen molar-refractivity contribution in [2.45, 2.75) is 39.0 Å². The second-order valence-electron chi connectivity index (χ2n) is 5.71. The van der Waals surface area contributed by atoms with Gasteiger partial charge in [-0.2, -0.15) is 0 Å². The van der Waals surface area contributed by atoms with Crippen LogP contribution in [0.2, 0.25) is 0 Å². The van der Waals surface area contributed by atoms with Crippen molar-refractivity contribution in [1.82, 2.24) is 0 Å². The van der Waals surface area contributed by atoms with E-state index in [2.05, 4.69) is 5.32 Å². The number of carbonyl (C=O) groups excluding carboxylic acids is 1. The summed E-state index contributed by atoms with van der Waals surface area (Å²) in [5.74, 6) is 0.0886. The summed E-state index contributed by atoms with van der Waals surface area (Å²) in [7, 11) is 0. The lowest BCUT2D eigenvalue weighted by Crippen LogP contribution is -2.35. The fourth-order valence-corrected chi connectivity index (χ4v) is 2.80. The highest BCUT2D eigenvalue weighted by Crippen LogP contribution is 2.35. The number of aliphatic hydroxyl groups is 1. The molecule has 1 aliphatic carbocycles. The van der Waals surface area contributed by atoms with E-state index in [1.165, 1.54) is 19.3 Å². The molecule has 2 rings (SSSR count). The Hall–Kier alpha value is -1.35. The molecule has 2 N–H and O–H groups in total. The fraction of sp³-hybridized carbons (Fsp3) is 0.562. The van der Waals surface area contributed by atoms with E-state index in [1.54, 1.807) is 6.92 Å². The van der Waals surface area contributed by atoms with Crippen LogP contribution < -0.4 is 5.32 Å². The molecule has 0 spiro atoms. The first-order valence-electron chi connectivity index (χ1n) is 7.11. The van der Waals surface area contributed by atoms with Gasteiger partial charge in [-0.3, -0.25) is 4.79 Å². The number of hydrogen-bond acceptors (Lipinski definition) is 3. The molecule has 0 atom stereocenters. The zero-order chi connectivity index (χ0) is 13.7. The highest BCUT2D eigenvalue weighted by atomic mass is 16.3. The van der Waals surface area contributed by atoms with E-state index in [4.69, 9.17) is 0 Å². The van der Waals surface area contributed by atoms with Crippen LogP contribution in [0.15, 0.2) is 24.3 Å². The third kappa shape index (κ3) is 3.57. The predicted molar refractivity (Wildman–Crippen MR) is 77.5 cm³/mol. The number of anilines is 1. The molecule has 0 amide bonds. The van der Waals surface area contributed by atoms with Gasteiger partial charge in [0.25, 0.3) is 0 Å². The molecule has 1 aromatic carbocycles. The summed E-state index contributed by atoms with van der Waals surface area (Å²) in [6.07, 6.45) is 5.91. The zero-order valence-electron chi connectivity index (χ0n) is 11.6. The maximum absolute atomic E-state index is 11.2. The summed E-state index contributed by atoms with van der Waals surface area (Å²) in [6.45, 7) is 2.64. The van der Waals surface area contributed by atoms with Crippen LogP contribution in [-0.4, -0.2) is 24.0 Å². The van der Waals surface area contributed by atoms with Crippen molar-refractivity contribution < 1.29 is 9.90 Å². The number of aliphatic hydroxyl groups excluding tert-OH is 1. The second kappa shape index (κ2) is 6.20. The molecule has 0 aromatic heterocycles. The molecule has 0 bridgehead atoms. The molecule has 0 radical (unpaired) electrons. The van der Waals surface area contributed by atoms with Crippen LogP contribution in [0, 0.1) is 5.41 Å². The first-order valence-corrected chi connectivity index (χ1v) is 7.11. The minimum Gasteiger partial charge on any atom is -0.396 e. The summed E-state index contributed by atoms with van der Waals surface area (Å²) in [5.41, 5.74) is 1.79. The molecule has 3 nitrogen and oxygen atoms in total. The molecule has 1 aliphatic rings. The number of rotatable bonds is 5. The monoisotopic (exact) mass is 261 g/mol. The van der Waals surface area contributed by atoms with Crippen LogP contribution in [0.1, 0.15) is 49.4 Å². The van der Waals surface area contributed by atoms with Crippen molar-refractivity contribution in [2.75, 3.05) is 18.5 Å². The van der Waals surface area contributed by atoms with Gasteiger partial charge < -0.3 is 10.4 Å². The maximum atomic E-state index is 11.2. The minimum absolute atomic E-state index is 0.0392. The molecular weight excluding hydrogens is 238 g/mol. The van der Waals surface area contributed by atoms with Crippen molar-refractivity contribution >= 4 is 11.5 Å². The van der Waals surface area contributed by atoms with Gasteiger partial charge >= 0.3 is 0 Å². The summed E-state index contributed by atoms with van der Waals surface area (Å²) < 4.78 is 0. The number of nitrogens with one attached hydrogen (secondary N) is 1. The van der Waals surface area contributed by atoms with Crippen molar-refractivity contribution in [2.24, 2.45) is 5.41 Å². The van der Waals surface area contributed by atoms with E-state index in [9.17, 15) is 9.90 Å². The average Bonchev–Trinajstić information content (AvgIpc) is 2.46. The Balaban J connectivity index is 1.95. The molecule has 3 heteroatoms. The van der Waals surface area contributed by atoms with Gasteiger partial charge in [-0.05, 0) is 44.0 Å². The lowest BCUT2D eigenvalue weighted by molar-refractivity contribution is 0.0944. The van der Waals surface area contributed by atoms with Gasteiger partial charge in [0.2, 0.25) is 0 Å². The largest absolute Gasteiger partial charge is 0.396 e.